The lowest BCUT2D eigenvalue weighted by Crippen LogP contribution is -2.46. The van der Waals surface area contributed by atoms with Crippen LogP contribution in [0.15, 0.2) is 66.9 Å². The van der Waals surface area contributed by atoms with E-state index in [0.29, 0.717) is 11.3 Å². The van der Waals surface area contributed by atoms with E-state index in [1.165, 1.54) is 5.56 Å². The second kappa shape index (κ2) is 9.28. The predicted molar refractivity (Wildman–Crippen MR) is 122 cm³/mol. The molecule has 0 bridgehead atoms. The summed E-state index contributed by atoms with van der Waals surface area (Å²) in [5, 5.41) is 3.73. The summed E-state index contributed by atoms with van der Waals surface area (Å²) in [6.45, 7) is 6.60. The number of benzene rings is 2. The highest BCUT2D eigenvalue weighted by Crippen LogP contribution is 2.20. The fourth-order valence-electron chi connectivity index (χ4n) is 3.56. The third kappa shape index (κ3) is 4.99. The van der Waals surface area contributed by atoms with Gasteiger partial charge < -0.3 is 10.2 Å². The Morgan fingerprint density at radius 1 is 1.00 bits per heavy atom. The summed E-state index contributed by atoms with van der Waals surface area (Å²) in [6.07, 6.45) is 1.72. The highest BCUT2D eigenvalue weighted by molar-refractivity contribution is 6.31. The van der Waals surface area contributed by atoms with Crippen molar-refractivity contribution < 1.29 is 4.79 Å². The topological polar surface area (TPSA) is 48.5 Å². The van der Waals surface area contributed by atoms with Crippen molar-refractivity contribution in [2.75, 3.05) is 36.4 Å². The summed E-state index contributed by atoms with van der Waals surface area (Å²) in [6, 6.07) is 19.4. The average molecular weight is 421 g/mol. The number of amides is 1. The molecule has 1 amide bonds. The smallest absolute Gasteiger partial charge is 0.255 e. The molecule has 4 rings (SSSR count). The van der Waals surface area contributed by atoms with Gasteiger partial charge in [-0.1, -0.05) is 47.5 Å². The van der Waals surface area contributed by atoms with E-state index in [4.69, 9.17) is 11.6 Å². The number of aryl methyl sites for hydroxylation is 1. The SMILES string of the molecule is Cc1ccc(C(=O)Nc2ccc(N3CCN(Cc4ccccc4Cl)CC3)nc2)cc1. The molecule has 1 aromatic heterocycles. The molecule has 154 valence electrons. The lowest BCUT2D eigenvalue weighted by Gasteiger charge is -2.35. The third-order valence-corrected chi connectivity index (χ3v) is 5.74. The lowest BCUT2D eigenvalue weighted by atomic mass is 10.1. The Morgan fingerprint density at radius 2 is 1.73 bits per heavy atom. The van der Waals surface area contributed by atoms with Gasteiger partial charge in [0.05, 0.1) is 11.9 Å². The van der Waals surface area contributed by atoms with Crippen molar-refractivity contribution in [3.05, 3.63) is 88.6 Å². The maximum atomic E-state index is 12.4. The van der Waals surface area contributed by atoms with Crippen LogP contribution in [-0.4, -0.2) is 42.0 Å². The maximum absolute atomic E-state index is 12.4. The number of piperazine rings is 1. The van der Waals surface area contributed by atoms with E-state index >= 15 is 0 Å². The van der Waals surface area contributed by atoms with E-state index in [2.05, 4.69) is 26.2 Å². The minimum atomic E-state index is -0.127. The molecule has 0 radical (unpaired) electrons. The van der Waals surface area contributed by atoms with Crippen molar-refractivity contribution in [3.8, 4) is 0 Å². The first kappa shape index (κ1) is 20.4. The van der Waals surface area contributed by atoms with E-state index in [0.717, 1.165) is 49.1 Å². The lowest BCUT2D eigenvalue weighted by molar-refractivity contribution is 0.102. The van der Waals surface area contributed by atoms with Crippen LogP contribution < -0.4 is 10.2 Å². The van der Waals surface area contributed by atoms with Crippen LogP contribution in [0.5, 0.6) is 0 Å². The molecule has 0 atom stereocenters. The summed E-state index contributed by atoms with van der Waals surface area (Å²) in [7, 11) is 0. The molecule has 2 heterocycles. The monoisotopic (exact) mass is 420 g/mol. The first-order valence-corrected chi connectivity index (χ1v) is 10.5. The second-order valence-corrected chi connectivity index (χ2v) is 7.99. The van der Waals surface area contributed by atoms with Crippen LogP contribution in [0.1, 0.15) is 21.5 Å². The number of anilines is 2. The number of hydrogen-bond donors (Lipinski definition) is 1. The van der Waals surface area contributed by atoms with Gasteiger partial charge in [-0.25, -0.2) is 4.98 Å². The number of halogens is 1. The highest BCUT2D eigenvalue weighted by Gasteiger charge is 2.19. The van der Waals surface area contributed by atoms with Gasteiger partial charge in [0.2, 0.25) is 0 Å². The number of nitrogens with zero attached hydrogens (tertiary/aromatic N) is 3. The van der Waals surface area contributed by atoms with Crippen molar-refractivity contribution in [3.63, 3.8) is 0 Å². The Kier molecular flexibility index (Phi) is 6.31. The minimum Gasteiger partial charge on any atom is -0.354 e. The number of hydrogen-bond acceptors (Lipinski definition) is 4. The summed E-state index contributed by atoms with van der Waals surface area (Å²) >= 11 is 6.29. The van der Waals surface area contributed by atoms with Crippen molar-refractivity contribution >= 4 is 29.0 Å². The van der Waals surface area contributed by atoms with Crippen LogP contribution in [0.4, 0.5) is 11.5 Å². The molecule has 6 heteroatoms. The molecule has 0 aliphatic carbocycles. The summed E-state index contributed by atoms with van der Waals surface area (Å²) in [5.41, 5.74) is 3.63. The molecule has 0 unspecified atom stereocenters. The normalized spacial score (nSPS) is 14.5. The van der Waals surface area contributed by atoms with Crippen LogP contribution >= 0.6 is 11.6 Å². The second-order valence-electron chi connectivity index (χ2n) is 7.58. The number of carbonyl (C=O) groups excluding carboxylic acids is 1. The van der Waals surface area contributed by atoms with E-state index in [9.17, 15) is 4.79 Å². The molecule has 1 aliphatic rings. The van der Waals surface area contributed by atoms with Crippen LogP contribution in [0.2, 0.25) is 5.02 Å². The summed E-state index contributed by atoms with van der Waals surface area (Å²) < 4.78 is 0. The fraction of sp³-hybridized carbons (Fsp3) is 0.250. The van der Waals surface area contributed by atoms with E-state index < -0.39 is 0 Å². The zero-order chi connectivity index (χ0) is 20.9. The first-order chi connectivity index (χ1) is 14.6. The molecule has 2 aromatic carbocycles. The molecule has 30 heavy (non-hydrogen) atoms. The quantitative estimate of drug-likeness (QED) is 0.654. The third-order valence-electron chi connectivity index (χ3n) is 5.37. The average Bonchev–Trinajstić information content (AvgIpc) is 2.77. The van der Waals surface area contributed by atoms with Gasteiger partial charge in [0.15, 0.2) is 0 Å². The van der Waals surface area contributed by atoms with Gasteiger partial charge in [-0.2, -0.15) is 0 Å². The van der Waals surface area contributed by atoms with Crippen molar-refractivity contribution in [2.24, 2.45) is 0 Å². The maximum Gasteiger partial charge on any atom is 0.255 e. The Hall–Kier alpha value is -2.89. The molecule has 0 spiro atoms. The van der Waals surface area contributed by atoms with Gasteiger partial charge in [-0.3, -0.25) is 9.69 Å². The number of carbonyl (C=O) groups is 1. The number of rotatable bonds is 5. The van der Waals surface area contributed by atoms with E-state index in [-0.39, 0.29) is 5.91 Å². The van der Waals surface area contributed by atoms with Gasteiger partial charge in [-0.15, -0.1) is 0 Å². The van der Waals surface area contributed by atoms with Gasteiger partial charge in [0.25, 0.3) is 5.91 Å². The molecular weight excluding hydrogens is 396 g/mol. The largest absolute Gasteiger partial charge is 0.354 e. The van der Waals surface area contributed by atoms with Crippen LogP contribution in [0.3, 0.4) is 0 Å². The van der Waals surface area contributed by atoms with Crippen molar-refractivity contribution in [1.29, 1.82) is 0 Å². The number of pyridine rings is 1. The molecule has 3 aromatic rings. The van der Waals surface area contributed by atoms with E-state index in [1.54, 1.807) is 6.20 Å². The number of aromatic nitrogens is 1. The van der Waals surface area contributed by atoms with Gasteiger partial charge in [-0.05, 0) is 42.8 Å². The Labute approximate surface area is 182 Å². The molecule has 1 fully saturated rings. The van der Waals surface area contributed by atoms with Gasteiger partial charge in [0.1, 0.15) is 5.82 Å². The first-order valence-electron chi connectivity index (χ1n) is 10.1. The summed E-state index contributed by atoms with van der Waals surface area (Å²) in [5.74, 6) is 0.804. The molecule has 1 saturated heterocycles. The zero-order valence-corrected chi connectivity index (χ0v) is 17.8. The zero-order valence-electron chi connectivity index (χ0n) is 17.0. The van der Waals surface area contributed by atoms with Gasteiger partial charge in [0, 0.05) is 43.3 Å². The van der Waals surface area contributed by atoms with Gasteiger partial charge >= 0.3 is 0 Å². The predicted octanol–water partition coefficient (Wildman–Crippen LogP) is 4.62. The molecule has 0 saturated carbocycles. The Bertz CT molecular complexity index is 996. The molecule has 5 nitrogen and oxygen atoms in total. The van der Waals surface area contributed by atoms with Crippen molar-refractivity contribution in [2.45, 2.75) is 13.5 Å². The molecule has 1 aliphatic heterocycles. The molecular formula is C24H25ClN4O. The van der Waals surface area contributed by atoms with Crippen LogP contribution in [0, 0.1) is 6.92 Å². The van der Waals surface area contributed by atoms with Crippen LogP contribution in [-0.2, 0) is 6.54 Å². The highest BCUT2D eigenvalue weighted by atomic mass is 35.5. The minimum absolute atomic E-state index is 0.127. The number of nitrogens with one attached hydrogen (secondary N) is 1. The summed E-state index contributed by atoms with van der Waals surface area (Å²) in [4.78, 5) is 21.6. The Balaban J connectivity index is 1.31. The Morgan fingerprint density at radius 3 is 2.40 bits per heavy atom. The van der Waals surface area contributed by atoms with Crippen molar-refractivity contribution in [1.82, 2.24) is 9.88 Å². The standard InChI is InChI=1S/C24H25ClN4O/c1-18-6-8-19(9-7-18)24(30)27-21-10-11-23(26-16-21)29-14-12-28(13-15-29)17-20-4-2-3-5-22(20)25/h2-11,16H,12-15,17H2,1H3,(H,27,30). The fourth-order valence-corrected chi connectivity index (χ4v) is 3.75. The van der Waals surface area contributed by atoms with E-state index in [1.807, 2.05) is 61.5 Å². The van der Waals surface area contributed by atoms with Crippen LogP contribution in [0.25, 0.3) is 0 Å². The molecule has 1 N–H and O–H groups in total.